The van der Waals surface area contributed by atoms with E-state index in [1.165, 1.54) is 0 Å². The van der Waals surface area contributed by atoms with Crippen LogP contribution in [0.25, 0.3) is 0 Å². The van der Waals surface area contributed by atoms with Crippen LogP contribution in [-0.4, -0.2) is 19.3 Å². The summed E-state index contributed by atoms with van der Waals surface area (Å²) in [6.07, 6.45) is -2.10. The molecule has 102 valence electrons. The van der Waals surface area contributed by atoms with Gasteiger partial charge < -0.3 is 10.1 Å². The van der Waals surface area contributed by atoms with Crippen molar-refractivity contribution >= 4 is 0 Å². The number of nitrogens with one attached hydrogen (secondary N) is 1. The number of rotatable bonds is 7. The second-order valence-corrected chi connectivity index (χ2v) is 4.06. The Balaban J connectivity index is 2.31. The maximum absolute atomic E-state index is 11.9. The van der Waals surface area contributed by atoms with E-state index in [1.54, 1.807) is 24.3 Å². The molecule has 0 unspecified atom stereocenters. The molecule has 0 saturated heterocycles. The maximum Gasteiger partial charge on any atom is 0.401 e. The molecule has 1 aromatic rings. The first-order chi connectivity index (χ1) is 8.51. The lowest BCUT2D eigenvalue weighted by Crippen LogP contribution is -2.28. The smallest absolute Gasteiger partial charge is 0.401 e. The molecule has 0 atom stereocenters. The lowest BCUT2D eigenvalue weighted by molar-refractivity contribution is -0.125. The Bertz CT molecular complexity index is 335. The third-order valence-corrected chi connectivity index (χ3v) is 2.34. The van der Waals surface area contributed by atoms with Crippen LogP contribution in [0.15, 0.2) is 24.3 Å². The standard InChI is InChI=1S/C13H18F3NO/c1-2-3-8-18-12-6-4-11(5-7-12)9-17-10-13(14,15)16/h4-7,17H,2-3,8-10H2,1H3. The van der Waals surface area contributed by atoms with Gasteiger partial charge in [0, 0.05) is 6.54 Å². The van der Waals surface area contributed by atoms with Gasteiger partial charge in [0.25, 0.3) is 0 Å². The van der Waals surface area contributed by atoms with Crippen molar-refractivity contribution in [3.05, 3.63) is 29.8 Å². The van der Waals surface area contributed by atoms with Crippen LogP contribution in [0.2, 0.25) is 0 Å². The number of benzene rings is 1. The second kappa shape index (κ2) is 7.26. The molecule has 0 saturated carbocycles. The summed E-state index contributed by atoms with van der Waals surface area (Å²) in [6, 6.07) is 7.09. The van der Waals surface area contributed by atoms with Crippen LogP contribution in [0.4, 0.5) is 13.2 Å². The number of hydrogen-bond acceptors (Lipinski definition) is 2. The molecule has 2 nitrogen and oxygen atoms in total. The fraction of sp³-hybridized carbons (Fsp3) is 0.538. The van der Waals surface area contributed by atoms with Gasteiger partial charge in [0.2, 0.25) is 0 Å². The molecular formula is C13H18F3NO. The van der Waals surface area contributed by atoms with Crippen molar-refractivity contribution in [1.82, 2.24) is 5.32 Å². The Kier molecular flexibility index (Phi) is 5.98. The van der Waals surface area contributed by atoms with Gasteiger partial charge in [-0.3, -0.25) is 0 Å². The van der Waals surface area contributed by atoms with Gasteiger partial charge in [0.15, 0.2) is 0 Å². The second-order valence-electron chi connectivity index (χ2n) is 4.06. The molecule has 0 bridgehead atoms. The maximum atomic E-state index is 11.9. The summed E-state index contributed by atoms with van der Waals surface area (Å²) in [5.74, 6) is 0.753. The summed E-state index contributed by atoms with van der Waals surface area (Å²) in [5, 5.41) is 2.35. The molecule has 1 rings (SSSR count). The van der Waals surface area contributed by atoms with Gasteiger partial charge in [-0.25, -0.2) is 0 Å². The molecule has 0 fully saturated rings. The minimum Gasteiger partial charge on any atom is -0.494 e. The normalized spacial score (nSPS) is 11.6. The van der Waals surface area contributed by atoms with E-state index in [4.69, 9.17) is 4.74 Å². The van der Waals surface area contributed by atoms with E-state index in [9.17, 15) is 13.2 Å². The highest BCUT2D eigenvalue weighted by Crippen LogP contribution is 2.14. The molecule has 0 aliphatic heterocycles. The zero-order valence-electron chi connectivity index (χ0n) is 10.4. The summed E-state index contributed by atoms with van der Waals surface area (Å²) in [5.41, 5.74) is 0.807. The first-order valence-corrected chi connectivity index (χ1v) is 6.00. The number of halogens is 3. The Morgan fingerprint density at radius 1 is 1.17 bits per heavy atom. The van der Waals surface area contributed by atoms with Crippen LogP contribution < -0.4 is 10.1 Å². The van der Waals surface area contributed by atoms with Gasteiger partial charge >= 0.3 is 6.18 Å². The van der Waals surface area contributed by atoms with Crippen LogP contribution in [0.5, 0.6) is 5.75 Å². The van der Waals surface area contributed by atoms with Gasteiger partial charge in [-0.2, -0.15) is 13.2 Å². The zero-order valence-corrected chi connectivity index (χ0v) is 10.4. The van der Waals surface area contributed by atoms with Crippen LogP contribution in [0.3, 0.4) is 0 Å². The fourth-order valence-electron chi connectivity index (χ4n) is 1.39. The molecule has 0 radical (unpaired) electrons. The molecular weight excluding hydrogens is 243 g/mol. The molecule has 1 aromatic carbocycles. The molecule has 0 heterocycles. The predicted octanol–water partition coefficient (Wildman–Crippen LogP) is 3.52. The van der Waals surface area contributed by atoms with E-state index in [-0.39, 0.29) is 6.54 Å². The van der Waals surface area contributed by atoms with Gasteiger partial charge in [0.05, 0.1) is 13.2 Å². The third kappa shape index (κ3) is 6.49. The largest absolute Gasteiger partial charge is 0.494 e. The van der Waals surface area contributed by atoms with E-state index in [0.29, 0.717) is 6.61 Å². The van der Waals surface area contributed by atoms with Crippen molar-refractivity contribution in [3.8, 4) is 5.75 Å². The van der Waals surface area contributed by atoms with Crippen molar-refractivity contribution in [2.45, 2.75) is 32.5 Å². The van der Waals surface area contributed by atoms with Gasteiger partial charge in [0.1, 0.15) is 5.75 Å². The molecule has 1 N–H and O–H groups in total. The van der Waals surface area contributed by atoms with Crippen LogP contribution in [0, 0.1) is 0 Å². The quantitative estimate of drug-likeness (QED) is 0.758. The zero-order chi connectivity index (χ0) is 13.4. The number of ether oxygens (including phenoxy) is 1. The van der Waals surface area contributed by atoms with E-state index in [0.717, 1.165) is 24.2 Å². The van der Waals surface area contributed by atoms with Crippen LogP contribution in [0.1, 0.15) is 25.3 Å². The third-order valence-electron chi connectivity index (χ3n) is 2.34. The summed E-state index contributed by atoms with van der Waals surface area (Å²) in [7, 11) is 0. The highest BCUT2D eigenvalue weighted by molar-refractivity contribution is 5.27. The van der Waals surface area contributed by atoms with Gasteiger partial charge in [-0.1, -0.05) is 25.5 Å². The summed E-state index contributed by atoms with van der Waals surface area (Å²) >= 11 is 0. The molecule has 0 aliphatic carbocycles. The Morgan fingerprint density at radius 2 is 1.83 bits per heavy atom. The Hall–Kier alpha value is -1.23. The molecule has 5 heteroatoms. The first-order valence-electron chi connectivity index (χ1n) is 6.00. The summed E-state index contributed by atoms with van der Waals surface area (Å²) < 4.78 is 41.2. The fourth-order valence-corrected chi connectivity index (χ4v) is 1.39. The summed E-state index contributed by atoms with van der Waals surface area (Å²) in [4.78, 5) is 0. The Morgan fingerprint density at radius 3 is 2.39 bits per heavy atom. The highest BCUT2D eigenvalue weighted by atomic mass is 19.4. The van der Waals surface area contributed by atoms with Gasteiger partial charge in [-0.05, 0) is 24.1 Å². The minimum absolute atomic E-state index is 0.203. The van der Waals surface area contributed by atoms with Crippen molar-refractivity contribution in [2.75, 3.05) is 13.2 Å². The lowest BCUT2D eigenvalue weighted by Gasteiger charge is -2.09. The Labute approximate surface area is 105 Å². The average Bonchev–Trinajstić information content (AvgIpc) is 2.30. The molecule has 0 amide bonds. The van der Waals surface area contributed by atoms with E-state index in [2.05, 4.69) is 12.2 Å². The number of alkyl halides is 3. The van der Waals surface area contributed by atoms with E-state index >= 15 is 0 Å². The topological polar surface area (TPSA) is 21.3 Å². The molecule has 0 spiro atoms. The van der Waals surface area contributed by atoms with Crippen LogP contribution in [-0.2, 0) is 6.54 Å². The van der Waals surface area contributed by atoms with Crippen LogP contribution >= 0.6 is 0 Å². The highest BCUT2D eigenvalue weighted by Gasteiger charge is 2.25. The van der Waals surface area contributed by atoms with E-state index < -0.39 is 12.7 Å². The van der Waals surface area contributed by atoms with E-state index in [1.807, 2.05) is 0 Å². The first kappa shape index (κ1) is 14.8. The minimum atomic E-state index is -4.16. The monoisotopic (exact) mass is 261 g/mol. The van der Waals surface area contributed by atoms with Crippen molar-refractivity contribution < 1.29 is 17.9 Å². The van der Waals surface area contributed by atoms with Crippen molar-refractivity contribution in [3.63, 3.8) is 0 Å². The number of hydrogen-bond donors (Lipinski definition) is 1. The molecule has 0 aromatic heterocycles. The summed E-state index contributed by atoms with van der Waals surface area (Å²) in [6.45, 7) is 1.98. The average molecular weight is 261 g/mol. The lowest BCUT2D eigenvalue weighted by atomic mass is 10.2. The van der Waals surface area contributed by atoms with Gasteiger partial charge in [-0.15, -0.1) is 0 Å². The SMILES string of the molecule is CCCCOc1ccc(CNCC(F)(F)F)cc1. The number of unbranched alkanes of at least 4 members (excludes halogenated alkanes) is 1. The van der Waals surface area contributed by atoms with Crippen molar-refractivity contribution in [1.29, 1.82) is 0 Å². The molecule has 0 aliphatic rings. The predicted molar refractivity (Wildman–Crippen MR) is 64.6 cm³/mol. The van der Waals surface area contributed by atoms with Crippen molar-refractivity contribution in [2.24, 2.45) is 0 Å². The molecule has 18 heavy (non-hydrogen) atoms.